The molecule has 0 radical (unpaired) electrons. The van der Waals surface area contributed by atoms with Crippen LogP contribution in [0.25, 0.3) is 0 Å². The van der Waals surface area contributed by atoms with Crippen molar-refractivity contribution in [3.05, 3.63) is 0 Å². The van der Waals surface area contributed by atoms with Crippen LogP contribution in [0.3, 0.4) is 0 Å². The minimum absolute atomic E-state index is 0.0262. The third-order valence-electron chi connectivity index (χ3n) is 3.74. The minimum Gasteiger partial charge on any atom is -0.344 e. The summed E-state index contributed by atoms with van der Waals surface area (Å²) in [6.07, 6.45) is 0.398. The molecule has 0 aromatic heterocycles. The Kier molecular flexibility index (Phi) is 4.41. The summed E-state index contributed by atoms with van der Waals surface area (Å²) in [7, 11) is 0. The summed E-state index contributed by atoms with van der Waals surface area (Å²) in [4.78, 5) is 26.2. The molecule has 2 amide bonds. The van der Waals surface area contributed by atoms with E-state index in [2.05, 4.69) is 26.1 Å². The summed E-state index contributed by atoms with van der Waals surface area (Å²) >= 11 is 0. The predicted octanol–water partition coefficient (Wildman–Crippen LogP) is 1.79. The molecule has 1 aliphatic rings. The van der Waals surface area contributed by atoms with Gasteiger partial charge in [0.1, 0.15) is 6.04 Å². The summed E-state index contributed by atoms with van der Waals surface area (Å²) < 4.78 is 0. The van der Waals surface area contributed by atoms with Crippen molar-refractivity contribution in [1.82, 2.24) is 10.2 Å². The molecule has 0 aromatic carbocycles. The number of nitrogens with zero attached hydrogens (tertiary/aromatic N) is 1. The quantitative estimate of drug-likeness (QED) is 0.817. The maximum Gasteiger partial charge on any atom is 0.245 e. The SMILES string of the molecule is CC(C)C(C)N1CCC(=O)NC(C(C)(C)C)C1=O. The smallest absolute Gasteiger partial charge is 0.245 e. The van der Waals surface area contributed by atoms with Crippen molar-refractivity contribution in [1.29, 1.82) is 0 Å². The highest BCUT2D eigenvalue weighted by atomic mass is 16.2. The van der Waals surface area contributed by atoms with Crippen molar-refractivity contribution in [3.63, 3.8) is 0 Å². The van der Waals surface area contributed by atoms with Crippen molar-refractivity contribution in [2.45, 2.75) is 60.0 Å². The molecule has 4 heteroatoms. The number of carbonyl (C=O) groups is 2. The van der Waals surface area contributed by atoms with E-state index in [9.17, 15) is 9.59 Å². The molecule has 0 bridgehead atoms. The third-order valence-corrected chi connectivity index (χ3v) is 3.74. The van der Waals surface area contributed by atoms with Gasteiger partial charge < -0.3 is 10.2 Å². The predicted molar refractivity (Wildman–Crippen MR) is 72.0 cm³/mol. The van der Waals surface area contributed by atoms with E-state index in [1.54, 1.807) is 0 Å². The van der Waals surface area contributed by atoms with Crippen LogP contribution in [0.1, 0.15) is 48.0 Å². The Morgan fingerprint density at radius 3 is 2.22 bits per heavy atom. The second-order valence-corrected chi connectivity index (χ2v) is 6.63. The Hall–Kier alpha value is -1.06. The first-order valence-corrected chi connectivity index (χ1v) is 6.74. The zero-order valence-electron chi connectivity index (χ0n) is 12.4. The highest BCUT2D eigenvalue weighted by molar-refractivity contribution is 5.90. The zero-order valence-corrected chi connectivity index (χ0v) is 12.4. The number of rotatable bonds is 2. The Bertz CT molecular complexity index is 331. The average Bonchev–Trinajstić information content (AvgIpc) is 2.37. The molecule has 2 unspecified atom stereocenters. The fourth-order valence-corrected chi connectivity index (χ4v) is 2.14. The Balaban J connectivity index is 3.00. The van der Waals surface area contributed by atoms with Crippen LogP contribution in [-0.2, 0) is 9.59 Å². The number of carbonyl (C=O) groups excluding carboxylic acids is 2. The highest BCUT2D eigenvalue weighted by Gasteiger charge is 2.39. The van der Waals surface area contributed by atoms with Gasteiger partial charge in [-0.2, -0.15) is 0 Å². The van der Waals surface area contributed by atoms with E-state index in [-0.39, 0.29) is 23.3 Å². The van der Waals surface area contributed by atoms with Crippen LogP contribution in [-0.4, -0.2) is 35.3 Å². The summed E-state index contributed by atoms with van der Waals surface area (Å²) in [6.45, 7) is 12.7. The number of hydrogen-bond donors (Lipinski definition) is 1. The largest absolute Gasteiger partial charge is 0.344 e. The van der Waals surface area contributed by atoms with Crippen LogP contribution in [0.2, 0.25) is 0 Å². The first-order chi connectivity index (χ1) is 8.14. The minimum atomic E-state index is -0.423. The molecule has 1 heterocycles. The van der Waals surface area contributed by atoms with Gasteiger partial charge in [0, 0.05) is 19.0 Å². The van der Waals surface area contributed by atoms with Gasteiger partial charge in [0.15, 0.2) is 0 Å². The van der Waals surface area contributed by atoms with E-state index in [0.29, 0.717) is 18.9 Å². The number of amides is 2. The molecule has 4 nitrogen and oxygen atoms in total. The van der Waals surface area contributed by atoms with Gasteiger partial charge >= 0.3 is 0 Å². The lowest BCUT2D eigenvalue weighted by atomic mass is 9.85. The van der Waals surface area contributed by atoms with Gasteiger partial charge in [-0.15, -0.1) is 0 Å². The van der Waals surface area contributed by atoms with Crippen LogP contribution in [0.15, 0.2) is 0 Å². The molecule has 0 spiro atoms. The molecular formula is C14H26N2O2. The molecule has 104 valence electrons. The molecule has 0 aliphatic carbocycles. The second kappa shape index (κ2) is 5.29. The Morgan fingerprint density at radius 2 is 1.78 bits per heavy atom. The van der Waals surface area contributed by atoms with Gasteiger partial charge in [0.25, 0.3) is 0 Å². The van der Waals surface area contributed by atoms with Crippen molar-refractivity contribution in [2.75, 3.05) is 6.54 Å². The lowest BCUT2D eigenvalue weighted by Gasteiger charge is -2.36. The van der Waals surface area contributed by atoms with Crippen LogP contribution >= 0.6 is 0 Å². The van der Waals surface area contributed by atoms with Gasteiger partial charge in [-0.25, -0.2) is 0 Å². The maximum atomic E-state index is 12.6. The molecular weight excluding hydrogens is 228 g/mol. The van der Waals surface area contributed by atoms with Gasteiger partial charge in [-0.1, -0.05) is 34.6 Å². The first-order valence-electron chi connectivity index (χ1n) is 6.74. The molecule has 1 aliphatic heterocycles. The van der Waals surface area contributed by atoms with E-state index < -0.39 is 6.04 Å². The van der Waals surface area contributed by atoms with Gasteiger partial charge in [-0.3, -0.25) is 9.59 Å². The van der Waals surface area contributed by atoms with E-state index in [1.807, 2.05) is 25.7 Å². The molecule has 0 saturated carbocycles. The van der Waals surface area contributed by atoms with Gasteiger partial charge in [-0.05, 0) is 18.3 Å². The zero-order chi connectivity index (χ0) is 14.1. The van der Waals surface area contributed by atoms with Gasteiger partial charge in [0.2, 0.25) is 11.8 Å². The van der Waals surface area contributed by atoms with E-state index >= 15 is 0 Å². The number of hydrogen-bond acceptors (Lipinski definition) is 2. The summed E-state index contributed by atoms with van der Waals surface area (Å²) in [5.74, 6) is 0.416. The molecule has 1 saturated heterocycles. The van der Waals surface area contributed by atoms with Gasteiger partial charge in [0.05, 0.1) is 0 Å². The van der Waals surface area contributed by atoms with E-state index in [4.69, 9.17) is 0 Å². The van der Waals surface area contributed by atoms with Crippen molar-refractivity contribution in [3.8, 4) is 0 Å². The van der Waals surface area contributed by atoms with Crippen LogP contribution in [0.4, 0.5) is 0 Å². The highest BCUT2D eigenvalue weighted by Crippen LogP contribution is 2.25. The molecule has 2 atom stereocenters. The van der Waals surface area contributed by atoms with Crippen LogP contribution < -0.4 is 5.32 Å². The Morgan fingerprint density at radius 1 is 1.22 bits per heavy atom. The fraction of sp³-hybridized carbons (Fsp3) is 0.857. The summed E-state index contributed by atoms with van der Waals surface area (Å²) in [5, 5.41) is 2.86. The standard InChI is InChI=1S/C14H26N2O2/c1-9(2)10(3)16-8-7-11(17)15-12(13(16)18)14(4,5)6/h9-10,12H,7-8H2,1-6H3,(H,15,17). The van der Waals surface area contributed by atoms with Crippen LogP contribution in [0, 0.1) is 11.3 Å². The summed E-state index contributed by atoms with van der Waals surface area (Å²) in [6, 6.07) is -0.260. The topological polar surface area (TPSA) is 49.4 Å². The lowest BCUT2D eigenvalue weighted by molar-refractivity contribution is -0.138. The second-order valence-electron chi connectivity index (χ2n) is 6.63. The third kappa shape index (κ3) is 3.24. The molecule has 1 rings (SSSR count). The fourth-order valence-electron chi connectivity index (χ4n) is 2.14. The van der Waals surface area contributed by atoms with Crippen molar-refractivity contribution in [2.24, 2.45) is 11.3 Å². The molecule has 1 N–H and O–H groups in total. The molecule has 1 fully saturated rings. The summed E-state index contributed by atoms with van der Waals surface area (Å²) in [5.41, 5.74) is -0.258. The average molecular weight is 254 g/mol. The number of nitrogens with one attached hydrogen (secondary N) is 1. The van der Waals surface area contributed by atoms with Crippen molar-refractivity contribution < 1.29 is 9.59 Å². The molecule has 0 aromatic rings. The Labute approximate surface area is 110 Å². The van der Waals surface area contributed by atoms with Crippen molar-refractivity contribution >= 4 is 11.8 Å². The lowest BCUT2D eigenvalue weighted by Crippen LogP contribution is -2.54. The maximum absolute atomic E-state index is 12.6. The monoisotopic (exact) mass is 254 g/mol. The van der Waals surface area contributed by atoms with E-state index in [0.717, 1.165) is 0 Å². The van der Waals surface area contributed by atoms with Crippen LogP contribution in [0.5, 0.6) is 0 Å². The normalized spacial score (nSPS) is 23.9. The molecule has 18 heavy (non-hydrogen) atoms. The van der Waals surface area contributed by atoms with E-state index in [1.165, 1.54) is 0 Å². The first kappa shape index (κ1) is 15.0.